The van der Waals surface area contributed by atoms with Gasteiger partial charge in [0.2, 0.25) is 5.91 Å². The number of hydrogen-bond donors (Lipinski definition) is 1. The highest BCUT2D eigenvalue weighted by Gasteiger charge is 2.50. The maximum Gasteiger partial charge on any atom is 0.230 e. The van der Waals surface area contributed by atoms with Crippen molar-refractivity contribution in [3.05, 3.63) is 0 Å². The molecule has 0 radical (unpaired) electrons. The van der Waals surface area contributed by atoms with E-state index in [1.54, 1.807) is 0 Å². The molecule has 1 saturated heterocycles. The molecule has 0 unspecified atom stereocenters. The van der Waals surface area contributed by atoms with Gasteiger partial charge in [-0.3, -0.25) is 4.79 Å². The normalized spacial score (nSPS) is 25.6. The van der Waals surface area contributed by atoms with Crippen molar-refractivity contribution < 1.29 is 9.53 Å². The first kappa shape index (κ1) is 9.93. The minimum atomic E-state index is -0.190. The summed E-state index contributed by atoms with van der Waals surface area (Å²) in [5.74, 6) is 0.255. The summed E-state index contributed by atoms with van der Waals surface area (Å²) in [7, 11) is 0. The van der Waals surface area contributed by atoms with E-state index in [1.807, 2.05) is 4.90 Å². The van der Waals surface area contributed by atoms with Gasteiger partial charge in [-0.1, -0.05) is 0 Å². The molecule has 1 amide bonds. The Morgan fingerprint density at radius 1 is 1.36 bits per heavy atom. The number of hydrogen-bond acceptors (Lipinski definition) is 3. The molecule has 4 heteroatoms. The fourth-order valence-electron chi connectivity index (χ4n) is 1.94. The molecular formula is C10H18N2O2. The molecule has 2 aliphatic rings. The van der Waals surface area contributed by atoms with Crippen molar-refractivity contribution in [3.63, 3.8) is 0 Å². The van der Waals surface area contributed by atoms with E-state index in [0.29, 0.717) is 13.2 Å². The van der Waals surface area contributed by atoms with E-state index in [0.717, 1.165) is 39.0 Å². The molecule has 2 N–H and O–H groups in total. The Morgan fingerprint density at radius 3 is 2.79 bits per heavy atom. The van der Waals surface area contributed by atoms with Gasteiger partial charge in [-0.25, -0.2) is 0 Å². The molecular weight excluding hydrogens is 180 g/mol. The average molecular weight is 198 g/mol. The monoisotopic (exact) mass is 198 g/mol. The Kier molecular flexibility index (Phi) is 2.74. The lowest BCUT2D eigenvalue weighted by Gasteiger charge is -2.24. The highest BCUT2D eigenvalue weighted by atomic mass is 16.5. The van der Waals surface area contributed by atoms with Gasteiger partial charge < -0.3 is 15.4 Å². The summed E-state index contributed by atoms with van der Waals surface area (Å²) in [6.45, 7) is 3.52. The fraction of sp³-hybridized carbons (Fsp3) is 0.900. The summed E-state index contributed by atoms with van der Waals surface area (Å²) in [6.07, 6.45) is 2.89. The largest absolute Gasteiger partial charge is 0.380 e. The van der Waals surface area contributed by atoms with E-state index in [1.165, 1.54) is 0 Å². The molecule has 1 saturated carbocycles. The number of nitrogens with zero attached hydrogens (tertiary/aromatic N) is 1. The van der Waals surface area contributed by atoms with E-state index in [9.17, 15) is 4.79 Å². The van der Waals surface area contributed by atoms with Crippen LogP contribution < -0.4 is 5.73 Å². The average Bonchev–Trinajstić information content (AvgIpc) is 3.03. The van der Waals surface area contributed by atoms with Crippen LogP contribution in [0.25, 0.3) is 0 Å². The number of carbonyl (C=O) groups is 1. The predicted octanol–water partition coefficient (Wildman–Crippen LogP) is -0.0258. The molecule has 4 nitrogen and oxygen atoms in total. The maximum atomic E-state index is 12.1. The molecule has 0 bridgehead atoms. The molecule has 0 aromatic carbocycles. The molecule has 80 valence electrons. The second kappa shape index (κ2) is 3.87. The first-order valence-corrected chi connectivity index (χ1v) is 5.36. The molecule has 14 heavy (non-hydrogen) atoms. The van der Waals surface area contributed by atoms with Gasteiger partial charge in [0.05, 0.1) is 12.0 Å². The van der Waals surface area contributed by atoms with Gasteiger partial charge in [-0.15, -0.1) is 0 Å². The van der Waals surface area contributed by atoms with E-state index < -0.39 is 0 Å². The van der Waals surface area contributed by atoms with Crippen molar-refractivity contribution in [1.29, 1.82) is 0 Å². The zero-order valence-electron chi connectivity index (χ0n) is 8.50. The Labute approximate surface area is 84.4 Å². The van der Waals surface area contributed by atoms with Crippen LogP contribution in [0.15, 0.2) is 0 Å². The first-order chi connectivity index (χ1) is 6.78. The molecule has 1 aliphatic heterocycles. The lowest BCUT2D eigenvalue weighted by atomic mass is 10.1. The highest BCUT2D eigenvalue weighted by Crippen LogP contribution is 2.46. The van der Waals surface area contributed by atoms with E-state index in [2.05, 4.69) is 0 Å². The molecule has 2 fully saturated rings. The number of amides is 1. The van der Waals surface area contributed by atoms with E-state index in [-0.39, 0.29) is 11.3 Å². The summed E-state index contributed by atoms with van der Waals surface area (Å²) in [6, 6.07) is 0. The Bertz CT molecular complexity index is 218. The van der Waals surface area contributed by atoms with Crippen LogP contribution in [0.5, 0.6) is 0 Å². The summed E-state index contributed by atoms with van der Waals surface area (Å²) in [5, 5.41) is 0. The van der Waals surface area contributed by atoms with Gasteiger partial charge in [0.25, 0.3) is 0 Å². The predicted molar refractivity (Wildman–Crippen MR) is 52.7 cm³/mol. The topological polar surface area (TPSA) is 55.6 Å². The van der Waals surface area contributed by atoms with Crippen LogP contribution in [-0.4, -0.2) is 43.7 Å². The fourth-order valence-corrected chi connectivity index (χ4v) is 1.94. The van der Waals surface area contributed by atoms with Gasteiger partial charge in [0.1, 0.15) is 0 Å². The Hall–Kier alpha value is -0.610. The summed E-state index contributed by atoms with van der Waals surface area (Å²) >= 11 is 0. The van der Waals surface area contributed by atoms with Crippen LogP contribution in [-0.2, 0) is 9.53 Å². The highest BCUT2D eigenvalue weighted by molar-refractivity contribution is 5.85. The van der Waals surface area contributed by atoms with E-state index in [4.69, 9.17) is 10.5 Å². The lowest BCUT2D eigenvalue weighted by molar-refractivity contribution is -0.136. The Morgan fingerprint density at radius 2 is 2.14 bits per heavy atom. The molecule has 2 rings (SSSR count). The third-order valence-corrected chi connectivity index (χ3v) is 3.21. The number of ether oxygens (including phenoxy) is 1. The zero-order valence-corrected chi connectivity index (χ0v) is 8.50. The molecule has 0 aromatic heterocycles. The van der Waals surface area contributed by atoms with Crippen LogP contribution >= 0.6 is 0 Å². The van der Waals surface area contributed by atoms with Crippen molar-refractivity contribution >= 4 is 5.91 Å². The Balaban J connectivity index is 1.96. The molecule has 1 heterocycles. The zero-order chi connectivity index (χ0) is 10.0. The molecule has 0 aromatic rings. The van der Waals surface area contributed by atoms with Crippen molar-refractivity contribution in [3.8, 4) is 0 Å². The third kappa shape index (κ3) is 1.77. The van der Waals surface area contributed by atoms with E-state index >= 15 is 0 Å². The van der Waals surface area contributed by atoms with Crippen molar-refractivity contribution in [2.75, 3.05) is 32.8 Å². The molecule has 0 spiro atoms. The standard InChI is InChI=1S/C10H18N2O2/c11-8-10(2-3-10)9(13)12-4-1-6-14-7-5-12/h1-8,11H2. The van der Waals surface area contributed by atoms with Gasteiger partial charge in [-0.05, 0) is 19.3 Å². The summed E-state index contributed by atoms with van der Waals surface area (Å²) in [4.78, 5) is 14.0. The van der Waals surface area contributed by atoms with Crippen molar-refractivity contribution in [1.82, 2.24) is 4.90 Å². The SMILES string of the molecule is NCC1(C(=O)N2CCCOCC2)CC1. The van der Waals surface area contributed by atoms with Crippen molar-refractivity contribution in [2.24, 2.45) is 11.1 Å². The molecule has 0 atom stereocenters. The van der Waals surface area contributed by atoms with Crippen LogP contribution in [0.1, 0.15) is 19.3 Å². The number of nitrogens with two attached hydrogens (primary N) is 1. The summed E-state index contributed by atoms with van der Waals surface area (Å²) in [5.41, 5.74) is 5.45. The smallest absolute Gasteiger partial charge is 0.230 e. The summed E-state index contributed by atoms with van der Waals surface area (Å²) < 4.78 is 5.32. The van der Waals surface area contributed by atoms with Crippen molar-refractivity contribution in [2.45, 2.75) is 19.3 Å². The van der Waals surface area contributed by atoms with Gasteiger partial charge in [-0.2, -0.15) is 0 Å². The van der Waals surface area contributed by atoms with Crippen LogP contribution in [0.2, 0.25) is 0 Å². The second-order valence-electron chi connectivity index (χ2n) is 4.24. The number of carbonyl (C=O) groups excluding carboxylic acids is 1. The van der Waals surface area contributed by atoms with Gasteiger partial charge >= 0.3 is 0 Å². The second-order valence-corrected chi connectivity index (χ2v) is 4.24. The minimum Gasteiger partial charge on any atom is -0.380 e. The van der Waals surface area contributed by atoms with Crippen LogP contribution in [0, 0.1) is 5.41 Å². The van der Waals surface area contributed by atoms with Crippen LogP contribution in [0.4, 0.5) is 0 Å². The third-order valence-electron chi connectivity index (χ3n) is 3.21. The van der Waals surface area contributed by atoms with Gasteiger partial charge in [0.15, 0.2) is 0 Å². The molecule has 1 aliphatic carbocycles. The quantitative estimate of drug-likeness (QED) is 0.678. The van der Waals surface area contributed by atoms with Crippen LogP contribution in [0.3, 0.4) is 0 Å². The lowest BCUT2D eigenvalue weighted by Crippen LogP contribution is -2.41. The number of rotatable bonds is 2. The first-order valence-electron chi connectivity index (χ1n) is 5.36. The van der Waals surface area contributed by atoms with Gasteiger partial charge in [0, 0.05) is 26.2 Å². The maximum absolute atomic E-state index is 12.1. The minimum absolute atomic E-state index is 0.190.